The van der Waals surface area contributed by atoms with E-state index in [1.807, 2.05) is 91.0 Å². The fraction of sp³-hybridized carbons (Fsp3) is 0.250. The van der Waals surface area contributed by atoms with Crippen LogP contribution in [0.3, 0.4) is 0 Å². The maximum absolute atomic E-state index is 6.49. The Labute approximate surface area is 194 Å². The Morgan fingerprint density at radius 1 is 0.455 bits per heavy atom. The minimum absolute atomic E-state index is 0.284. The van der Waals surface area contributed by atoms with Crippen molar-refractivity contribution in [2.75, 3.05) is 13.2 Å². The van der Waals surface area contributed by atoms with Crippen LogP contribution < -0.4 is 16.4 Å². The molecule has 6 nitrogen and oxygen atoms in total. The maximum atomic E-state index is 6.49. The first-order valence-corrected chi connectivity index (χ1v) is 11.3. The lowest BCUT2D eigenvalue weighted by atomic mass is 9.73. The van der Waals surface area contributed by atoms with Gasteiger partial charge in [0.15, 0.2) is 0 Å². The Morgan fingerprint density at radius 3 is 1.30 bits per heavy atom. The first-order chi connectivity index (χ1) is 16.3. The van der Waals surface area contributed by atoms with E-state index in [2.05, 4.69) is 0 Å². The van der Waals surface area contributed by atoms with Gasteiger partial charge in [-0.25, -0.2) is 0 Å². The van der Waals surface area contributed by atoms with Crippen molar-refractivity contribution < 1.29 is 27.9 Å². The lowest BCUT2D eigenvalue weighted by molar-refractivity contribution is -0.146. The minimum atomic E-state index is -0.530. The summed E-state index contributed by atoms with van der Waals surface area (Å²) in [5.41, 5.74) is 2.90. The van der Waals surface area contributed by atoms with Gasteiger partial charge in [0.25, 0.3) is 0 Å². The molecule has 0 aromatic heterocycles. The molecular weight excluding hydrogens is 417 g/mol. The molecule has 0 aliphatic carbocycles. The zero-order valence-electron chi connectivity index (χ0n) is 18.1. The highest BCUT2D eigenvalue weighted by Gasteiger charge is 2.53. The lowest BCUT2D eigenvalue weighted by Crippen LogP contribution is -2.66. The first-order valence-electron chi connectivity index (χ1n) is 11.3. The van der Waals surface area contributed by atoms with Gasteiger partial charge in [-0.3, -0.25) is 0 Å². The molecule has 3 aromatic rings. The Hall–Kier alpha value is -2.39. The summed E-state index contributed by atoms with van der Waals surface area (Å²) >= 11 is 0. The van der Waals surface area contributed by atoms with E-state index in [1.54, 1.807) is 0 Å². The second-order valence-electron chi connectivity index (χ2n) is 8.44. The van der Waals surface area contributed by atoms with Gasteiger partial charge in [0.05, 0.1) is 37.6 Å². The average molecular weight is 440 g/mol. The Kier molecular flexibility index (Phi) is 6.07. The molecule has 0 N–H and O–H groups in total. The van der Waals surface area contributed by atoms with Crippen LogP contribution in [0.1, 0.15) is 0 Å². The summed E-state index contributed by atoms with van der Waals surface area (Å²) in [6.45, 7) is 0.818. The van der Waals surface area contributed by atoms with Gasteiger partial charge in [0, 0.05) is 0 Å². The third kappa shape index (κ3) is 4.40. The molecule has 3 aliphatic heterocycles. The fourth-order valence-corrected chi connectivity index (χ4v) is 4.59. The van der Waals surface area contributed by atoms with Crippen molar-refractivity contribution in [2.24, 2.45) is 0 Å². The van der Waals surface area contributed by atoms with Gasteiger partial charge in [0.2, 0.25) is 0 Å². The molecule has 0 amide bonds. The Morgan fingerprint density at radius 2 is 0.818 bits per heavy atom. The Balaban J connectivity index is 1.26. The van der Waals surface area contributed by atoms with E-state index in [0.29, 0.717) is 13.2 Å². The third-order valence-electron chi connectivity index (χ3n) is 6.25. The van der Waals surface area contributed by atoms with Crippen LogP contribution in [0.25, 0.3) is 0 Å². The number of hydrogen-bond acceptors (Lipinski definition) is 6. The van der Waals surface area contributed by atoms with Crippen molar-refractivity contribution in [1.29, 1.82) is 0 Å². The van der Waals surface area contributed by atoms with Crippen LogP contribution in [0.4, 0.5) is 0 Å². The monoisotopic (exact) mass is 440 g/mol. The summed E-state index contributed by atoms with van der Waals surface area (Å²) in [4.78, 5) is 0. The van der Waals surface area contributed by atoms with Gasteiger partial charge < -0.3 is 27.9 Å². The van der Waals surface area contributed by atoms with Crippen molar-refractivity contribution >= 4 is 37.7 Å². The summed E-state index contributed by atoms with van der Waals surface area (Å²) < 4.78 is 37.6. The van der Waals surface area contributed by atoms with Crippen molar-refractivity contribution in [3.8, 4) is 0 Å². The van der Waals surface area contributed by atoms with Crippen molar-refractivity contribution in [2.45, 2.75) is 24.4 Å². The lowest BCUT2D eigenvalue weighted by Gasteiger charge is -2.46. The smallest absolute Gasteiger partial charge is 0.405 e. The molecule has 3 saturated heterocycles. The van der Waals surface area contributed by atoms with Crippen molar-refractivity contribution in [3.63, 3.8) is 0 Å². The quantitative estimate of drug-likeness (QED) is 0.560. The molecule has 3 fully saturated rings. The predicted molar refractivity (Wildman–Crippen MR) is 127 cm³/mol. The molecule has 0 bridgehead atoms. The van der Waals surface area contributed by atoms with Crippen LogP contribution in [-0.2, 0) is 27.9 Å². The highest BCUT2D eigenvalue weighted by molar-refractivity contribution is 6.63. The van der Waals surface area contributed by atoms with Gasteiger partial charge >= 0.3 is 21.4 Å². The molecule has 3 heterocycles. The molecule has 4 atom stereocenters. The molecular formula is C24H23B3O6. The second kappa shape index (κ2) is 9.47. The van der Waals surface area contributed by atoms with Crippen LogP contribution in [0.5, 0.6) is 0 Å². The van der Waals surface area contributed by atoms with E-state index in [1.165, 1.54) is 0 Å². The normalized spacial score (nSPS) is 27.5. The van der Waals surface area contributed by atoms with Gasteiger partial charge in [-0.1, -0.05) is 91.0 Å². The fourth-order valence-electron chi connectivity index (χ4n) is 4.59. The van der Waals surface area contributed by atoms with Crippen LogP contribution >= 0.6 is 0 Å². The van der Waals surface area contributed by atoms with Crippen LogP contribution in [-0.4, -0.2) is 59.0 Å². The third-order valence-corrected chi connectivity index (χ3v) is 6.25. The minimum Gasteiger partial charge on any atom is -0.405 e. The summed E-state index contributed by atoms with van der Waals surface area (Å²) in [5.74, 6) is 0. The van der Waals surface area contributed by atoms with Gasteiger partial charge in [-0.15, -0.1) is 0 Å². The van der Waals surface area contributed by atoms with Gasteiger partial charge in [-0.05, 0) is 16.4 Å². The number of rotatable bonds is 4. The zero-order chi connectivity index (χ0) is 22.0. The molecule has 0 radical (unpaired) electrons. The summed E-state index contributed by atoms with van der Waals surface area (Å²) in [6.07, 6.45) is -1.31. The Bertz CT molecular complexity index is 1040. The highest BCUT2D eigenvalue weighted by Crippen LogP contribution is 2.30. The van der Waals surface area contributed by atoms with Crippen molar-refractivity contribution in [3.05, 3.63) is 91.0 Å². The number of fused-ring (bicyclic) bond motifs is 1. The SMILES string of the molecule is c1ccc(B2OC[C@@H]3OB(c4ccccc4)O[C@H]([C@H]4COB(c5ccccc5)O4)[C@@H]3O2)cc1. The first kappa shape index (κ1) is 21.2. The van der Waals surface area contributed by atoms with Gasteiger partial charge in [0.1, 0.15) is 0 Å². The van der Waals surface area contributed by atoms with E-state index in [0.717, 1.165) is 16.4 Å². The highest BCUT2D eigenvalue weighted by atomic mass is 16.7. The molecule has 0 unspecified atom stereocenters. The predicted octanol–water partition coefficient (Wildman–Crippen LogP) is 0.787. The summed E-state index contributed by atoms with van der Waals surface area (Å²) in [6, 6.07) is 29.8. The second-order valence-corrected chi connectivity index (χ2v) is 8.44. The molecule has 0 saturated carbocycles. The molecule has 0 spiro atoms. The molecule has 164 valence electrons. The van der Waals surface area contributed by atoms with E-state index >= 15 is 0 Å². The molecule has 9 heteroatoms. The molecule has 3 aromatic carbocycles. The van der Waals surface area contributed by atoms with E-state index in [-0.39, 0.29) is 24.4 Å². The van der Waals surface area contributed by atoms with Crippen LogP contribution in [0, 0.1) is 0 Å². The van der Waals surface area contributed by atoms with Crippen LogP contribution in [0.15, 0.2) is 91.0 Å². The molecule has 33 heavy (non-hydrogen) atoms. The van der Waals surface area contributed by atoms with E-state index in [9.17, 15) is 0 Å². The average Bonchev–Trinajstić information content (AvgIpc) is 3.39. The van der Waals surface area contributed by atoms with E-state index in [4.69, 9.17) is 27.9 Å². The molecule has 3 aliphatic rings. The number of benzene rings is 3. The standard InChI is InChI=1S/C24H23B3O6/c1-4-10-18(11-5-1)25-28-16-21(30-25)24-23-22(31-27(33-24)20-14-8-3-9-15-20)17-29-26(32-23)19-12-6-2-7-13-19/h1-15,21-24H,16-17H2/t21-,22+,23-,24-/m1/s1. The number of hydrogen-bond donors (Lipinski definition) is 0. The largest absolute Gasteiger partial charge is 0.494 e. The summed E-state index contributed by atoms with van der Waals surface area (Å²) in [5, 5.41) is 0. The van der Waals surface area contributed by atoms with E-state index < -0.39 is 21.4 Å². The zero-order valence-corrected chi connectivity index (χ0v) is 18.1. The topological polar surface area (TPSA) is 55.4 Å². The van der Waals surface area contributed by atoms with Crippen molar-refractivity contribution in [1.82, 2.24) is 0 Å². The van der Waals surface area contributed by atoms with Crippen LogP contribution in [0.2, 0.25) is 0 Å². The van der Waals surface area contributed by atoms with Gasteiger partial charge in [-0.2, -0.15) is 0 Å². The maximum Gasteiger partial charge on any atom is 0.494 e. The molecule has 6 rings (SSSR count). The summed E-state index contributed by atoms with van der Waals surface area (Å²) in [7, 11) is -1.44.